The number of thiophene rings is 1. The summed E-state index contributed by atoms with van der Waals surface area (Å²) in [6.07, 6.45) is 7.24. The minimum Gasteiger partial charge on any atom is -0.293 e. The Balaban J connectivity index is 2.06. The van der Waals surface area contributed by atoms with E-state index in [1.165, 1.54) is 25.7 Å². The van der Waals surface area contributed by atoms with Gasteiger partial charge in [0.15, 0.2) is 5.78 Å². The SMILES string of the molecule is O=C(c1ccc(Br)s1)C1CCCCCC1. The second-order valence-electron chi connectivity index (χ2n) is 4.16. The van der Waals surface area contributed by atoms with Crippen LogP contribution in [0.15, 0.2) is 15.9 Å². The van der Waals surface area contributed by atoms with Crippen molar-refractivity contribution in [2.75, 3.05) is 0 Å². The second-order valence-corrected chi connectivity index (χ2v) is 6.62. The molecule has 0 radical (unpaired) electrons. The van der Waals surface area contributed by atoms with Crippen LogP contribution in [-0.2, 0) is 0 Å². The summed E-state index contributed by atoms with van der Waals surface area (Å²) in [6.45, 7) is 0. The molecule has 2 rings (SSSR count). The van der Waals surface area contributed by atoms with Gasteiger partial charge in [-0.15, -0.1) is 11.3 Å². The average Bonchev–Trinajstić information content (AvgIpc) is 2.53. The van der Waals surface area contributed by atoms with Gasteiger partial charge in [0.05, 0.1) is 8.66 Å². The lowest BCUT2D eigenvalue weighted by atomic mass is 9.95. The van der Waals surface area contributed by atoms with Gasteiger partial charge in [0, 0.05) is 5.92 Å². The van der Waals surface area contributed by atoms with Gasteiger partial charge in [-0.1, -0.05) is 25.7 Å². The summed E-state index contributed by atoms with van der Waals surface area (Å²) in [7, 11) is 0. The number of carbonyl (C=O) groups is 1. The third kappa shape index (κ3) is 2.91. The third-order valence-corrected chi connectivity index (χ3v) is 4.68. The maximum atomic E-state index is 12.2. The first-order valence-electron chi connectivity index (χ1n) is 5.57. The van der Waals surface area contributed by atoms with Gasteiger partial charge in [-0.25, -0.2) is 0 Å². The van der Waals surface area contributed by atoms with Gasteiger partial charge in [-0.3, -0.25) is 4.79 Å². The Morgan fingerprint density at radius 2 is 1.87 bits per heavy atom. The summed E-state index contributed by atoms with van der Waals surface area (Å²) in [5.41, 5.74) is 0. The fraction of sp³-hybridized carbons (Fsp3) is 0.583. The standard InChI is InChI=1S/C12H15BrOS/c13-11-8-7-10(15-11)12(14)9-5-3-1-2-4-6-9/h7-9H,1-6H2. The molecule has 0 aromatic carbocycles. The monoisotopic (exact) mass is 286 g/mol. The van der Waals surface area contributed by atoms with E-state index in [1.54, 1.807) is 11.3 Å². The summed E-state index contributed by atoms with van der Waals surface area (Å²) >= 11 is 4.97. The molecular formula is C12H15BrOS. The van der Waals surface area contributed by atoms with Gasteiger partial charge < -0.3 is 0 Å². The Labute approximate surface area is 103 Å². The van der Waals surface area contributed by atoms with Crippen LogP contribution in [0.25, 0.3) is 0 Å². The highest BCUT2D eigenvalue weighted by Crippen LogP contribution is 2.30. The minimum absolute atomic E-state index is 0.290. The normalized spacial score (nSPS) is 18.7. The van der Waals surface area contributed by atoms with Crippen LogP contribution in [0.2, 0.25) is 0 Å². The number of halogens is 1. The van der Waals surface area contributed by atoms with Crippen LogP contribution in [0.5, 0.6) is 0 Å². The highest BCUT2D eigenvalue weighted by molar-refractivity contribution is 9.11. The second kappa shape index (κ2) is 5.26. The first-order chi connectivity index (χ1) is 7.27. The van der Waals surface area contributed by atoms with Crippen LogP contribution in [0, 0.1) is 5.92 Å². The molecule has 3 heteroatoms. The van der Waals surface area contributed by atoms with Crippen LogP contribution in [0.1, 0.15) is 48.2 Å². The summed E-state index contributed by atoms with van der Waals surface area (Å²) in [5.74, 6) is 0.658. The lowest BCUT2D eigenvalue weighted by Crippen LogP contribution is -2.12. The first-order valence-corrected chi connectivity index (χ1v) is 7.18. The number of ketones is 1. The molecule has 0 bridgehead atoms. The van der Waals surface area contributed by atoms with Gasteiger partial charge in [0.2, 0.25) is 0 Å². The lowest BCUT2D eigenvalue weighted by Gasteiger charge is -2.10. The fourth-order valence-corrected chi connectivity index (χ4v) is 3.59. The zero-order valence-corrected chi connectivity index (χ0v) is 11.1. The van der Waals surface area contributed by atoms with Crippen molar-refractivity contribution in [1.82, 2.24) is 0 Å². The van der Waals surface area contributed by atoms with E-state index >= 15 is 0 Å². The summed E-state index contributed by atoms with van der Waals surface area (Å²) in [4.78, 5) is 13.1. The summed E-state index contributed by atoms with van der Waals surface area (Å²) in [6, 6.07) is 3.91. The Kier molecular flexibility index (Phi) is 3.98. The maximum absolute atomic E-state index is 12.2. The van der Waals surface area contributed by atoms with Crippen molar-refractivity contribution in [1.29, 1.82) is 0 Å². The summed E-state index contributed by atoms with van der Waals surface area (Å²) in [5, 5.41) is 0. The molecule has 1 heterocycles. The Hall–Kier alpha value is -0.150. The van der Waals surface area contributed by atoms with Crippen molar-refractivity contribution in [3.05, 3.63) is 20.8 Å². The van der Waals surface area contributed by atoms with Crippen LogP contribution >= 0.6 is 27.3 Å². The predicted octanol–water partition coefficient (Wildman–Crippen LogP) is 4.66. The highest BCUT2D eigenvalue weighted by atomic mass is 79.9. The fourth-order valence-electron chi connectivity index (χ4n) is 2.19. The molecule has 1 saturated carbocycles. The quantitative estimate of drug-likeness (QED) is 0.571. The molecule has 1 nitrogen and oxygen atoms in total. The van der Waals surface area contributed by atoms with Gasteiger partial charge >= 0.3 is 0 Å². The van der Waals surface area contributed by atoms with Crippen molar-refractivity contribution >= 4 is 33.0 Å². The molecule has 0 unspecified atom stereocenters. The average molecular weight is 287 g/mol. The Morgan fingerprint density at radius 1 is 1.20 bits per heavy atom. The molecule has 0 aliphatic heterocycles. The van der Waals surface area contributed by atoms with E-state index in [0.29, 0.717) is 5.78 Å². The predicted molar refractivity (Wildman–Crippen MR) is 67.5 cm³/mol. The number of rotatable bonds is 2. The van der Waals surface area contributed by atoms with E-state index in [9.17, 15) is 4.79 Å². The molecular weight excluding hydrogens is 272 g/mol. The minimum atomic E-state index is 0.290. The largest absolute Gasteiger partial charge is 0.293 e. The smallest absolute Gasteiger partial charge is 0.175 e. The van der Waals surface area contributed by atoms with E-state index in [4.69, 9.17) is 0 Å². The highest BCUT2D eigenvalue weighted by Gasteiger charge is 2.22. The Bertz CT molecular complexity index is 337. The molecule has 0 N–H and O–H groups in total. The zero-order chi connectivity index (χ0) is 10.7. The van der Waals surface area contributed by atoms with Gasteiger partial charge in [-0.2, -0.15) is 0 Å². The molecule has 82 valence electrons. The van der Waals surface area contributed by atoms with E-state index in [1.807, 2.05) is 12.1 Å². The molecule has 0 atom stereocenters. The van der Waals surface area contributed by atoms with Gasteiger partial charge in [-0.05, 0) is 40.9 Å². The molecule has 1 aliphatic carbocycles. The van der Waals surface area contributed by atoms with Gasteiger partial charge in [0.25, 0.3) is 0 Å². The third-order valence-electron chi connectivity index (χ3n) is 3.04. The van der Waals surface area contributed by atoms with Crippen LogP contribution in [0.3, 0.4) is 0 Å². The van der Waals surface area contributed by atoms with Crippen molar-refractivity contribution in [2.45, 2.75) is 38.5 Å². The number of hydrogen-bond donors (Lipinski definition) is 0. The van der Waals surface area contributed by atoms with Crippen LogP contribution in [0.4, 0.5) is 0 Å². The molecule has 0 spiro atoms. The lowest BCUT2D eigenvalue weighted by molar-refractivity contribution is 0.0912. The number of Topliss-reactive ketones (excluding diaryl/α,β-unsaturated/α-hetero) is 1. The van der Waals surface area contributed by atoms with E-state index in [2.05, 4.69) is 15.9 Å². The molecule has 0 amide bonds. The van der Waals surface area contributed by atoms with Gasteiger partial charge in [0.1, 0.15) is 0 Å². The van der Waals surface area contributed by atoms with Crippen molar-refractivity contribution < 1.29 is 4.79 Å². The summed E-state index contributed by atoms with van der Waals surface area (Å²) < 4.78 is 1.06. The Morgan fingerprint density at radius 3 is 2.40 bits per heavy atom. The van der Waals surface area contributed by atoms with Crippen LogP contribution < -0.4 is 0 Å². The van der Waals surface area contributed by atoms with E-state index in [-0.39, 0.29) is 5.92 Å². The van der Waals surface area contributed by atoms with E-state index < -0.39 is 0 Å². The number of carbonyl (C=O) groups excluding carboxylic acids is 1. The topological polar surface area (TPSA) is 17.1 Å². The van der Waals surface area contributed by atoms with Crippen molar-refractivity contribution in [3.63, 3.8) is 0 Å². The molecule has 1 aromatic rings. The molecule has 15 heavy (non-hydrogen) atoms. The first kappa shape index (κ1) is 11.3. The van der Waals surface area contributed by atoms with Crippen molar-refractivity contribution in [3.8, 4) is 0 Å². The zero-order valence-electron chi connectivity index (χ0n) is 8.67. The number of hydrogen-bond acceptors (Lipinski definition) is 2. The molecule has 0 saturated heterocycles. The van der Waals surface area contributed by atoms with Crippen LogP contribution in [-0.4, -0.2) is 5.78 Å². The molecule has 1 aliphatic rings. The van der Waals surface area contributed by atoms with Crippen molar-refractivity contribution in [2.24, 2.45) is 5.92 Å². The maximum Gasteiger partial charge on any atom is 0.175 e. The van der Waals surface area contributed by atoms with E-state index in [0.717, 1.165) is 21.5 Å². The molecule has 1 fully saturated rings. The molecule has 1 aromatic heterocycles.